The number of likely N-dealkylation sites (N-methyl/N-ethyl adjacent to an activating group) is 1. The van der Waals surface area contributed by atoms with Gasteiger partial charge in [-0.1, -0.05) is 6.42 Å². The molecule has 0 aliphatic carbocycles. The van der Waals surface area contributed by atoms with E-state index >= 15 is 0 Å². The Bertz CT molecular complexity index is 284. The number of nitrogens with one attached hydrogen (secondary N) is 2. The summed E-state index contributed by atoms with van der Waals surface area (Å²) in [5, 5.41) is 5.99. The molecule has 0 spiro atoms. The molecule has 2 atom stereocenters. The molecule has 1 rings (SSSR count). The third kappa shape index (κ3) is 3.98. The van der Waals surface area contributed by atoms with E-state index in [0.717, 1.165) is 25.8 Å². The van der Waals surface area contributed by atoms with Gasteiger partial charge in [-0.3, -0.25) is 9.59 Å². The molecule has 1 aliphatic rings. The fraction of sp³-hybridized carbons (Fsp3) is 0.846. The highest BCUT2D eigenvalue weighted by Gasteiger charge is 2.25. The summed E-state index contributed by atoms with van der Waals surface area (Å²) in [7, 11) is 0. The van der Waals surface area contributed by atoms with Crippen LogP contribution >= 0.6 is 0 Å². The molecule has 0 aromatic heterocycles. The van der Waals surface area contributed by atoms with Crippen molar-refractivity contribution in [3.8, 4) is 0 Å². The van der Waals surface area contributed by atoms with Crippen LogP contribution in [0.1, 0.15) is 40.0 Å². The summed E-state index contributed by atoms with van der Waals surface area (Å²) in [4.78, 5) is 25.7. The molecule has 1 aliphatic heterocycles. The molecule has 1 fully saturated rings. The van der Waals surface area contributed by atoms with Crippen molar-refractivity contribution in [3.63, 3.8) is 0 Å². The zero-order valence-electron chi connectivity index (χ0n) is 11.7. The second kappa shape index (κ2) is 7.36. The first-order valence-corrected chi connectivity index (χ1v) is 6.92. The Kier molecular flexibility index (Phi) is 6.12. The Morgan fingerprint density at radius 2 is 2.00 bits per heavy atom. The van der Waals surface area contributed by atoms with Gasteiger partial charge in [0.15, 0.2) is 0 Å². The van der Waals surface area contributed by atoms with Crippen LogP contribution in [0.5, 0.6) is 0 Å². The summed E-state index contributed by atoms with van der Waals surface area (Å²) in [6.45, 7) is 7.88. The minimum absolute atomic E-state index is 0.0100. The molecule has 18 heavy (non-hydrogen) atoms. The van der Waals surface area contributed by atoms with E-state index in [9.17, 15) is 9.59 Å². The maximum absolute atomic E-state index is 12.0. The zero-order chi connectivity index (χ0) is 13.5. The van der Waals surface area contributed by atoms with Crippen molar-refractivity contribution in [1.29, 1.82) is 0 Å². The van der Waals surface area contributed by atoms with Gasteiger partial charge in [0.1, 0.15) is 6.04 Å². The molecule has 1 heterocycles. The lowest BCUT2D eigenvalue weighted by Crippen LogP contribution is -2.53. The van der Waals surface area contributed by atoms with E-state index < -0.39 is 6.04 Å². The van der Waals surface area contributed by atoms with Crippen molar-refractivity contribution >= 4 is 11.8 Å². The predicted octanol–water partition coefficient (Wildman–Crippen LogP) is 0.502. The SMILES string of the molecule is CCN(CC)C(=O)C(C)NC(=O)C1CCCCN1. The molecular formula is C13H25N3O2. The summed E-state index contributed by atoms with van der Waals surface area (Å²) < 4.78 is 0. The van der Waals surface area contributed by atoms with Crippen molar-refractivity contribution in [2.75, 3.05) is 19.6 Å². The van der Waals surface area contributed by atoms with Crippen molar-refractivity contribution in [1.82, 2.24) is 15.5 Å². The lowest BCUT2D eigenvalue weighted by molar-refractivity contribution is -0.136. The van der Waals surface area contributed by atoms with Crippen LogP contribution in [0, 0.1) is 0 Å². The molecule has 0 aromatic rings. The van der Waals surface area contributed by atoms with E-state index in [1.807, 2.05) is 13.8 Å². The molecule has 2 unspecified atom stereocenters. The number of rotatable bonds is 5. The lowest BCUT2D eigenvalue weighted by Gasteiger charge is -2.27. The highest BCUT2D eigenvalue weighted by molar-refractivity contribution is 5.89. The van der Waals surface area contributed by atoms with Crippen LogP contribution in [0.2, 0.25) is 0 Å². The minimum Gasteiger partial charge on any atom is -0.343 e. The molecule has 5 nitrogen and oxygen atoms in total. The van der Waals surface area contributed by atoms with Gasteiger partial charge in [-0.15, -0.1) is 0 Å². The van der Waals surface area contributed by atoms with Crippen LogP contribution in [-0.4, -0.2) is 48.4 Å². The van der Waals surface area contributed by atoms with Crippen molar-refractivity contribution in [3.05, 3.63) is 0 Å². The first kappa shape index (κ1) is 15.0. The van der Waals surface area contributed by atoms with Crippen LogP contribution in [0.3, 0.4) is 0 Å². The van der Waals surface area contributed by atoms with Gasteiger partial charge in [0.05, 0.1) is 6.04 Å². The minimum atomic E-state index is -0.443. The lowest BCUT2D eigenvalue weighted by atomic mass is 10.0. The van der Waals surface area contributed by atoms with Crippen molar-refractivity contribution in [2.45, 2.75) is 52.1 Å². The average molecular weight is 255 g/mol. The van der Waals surface area contributed by atoms with Gasteiger partial charge in [-0.25, -0.2) is 0 Å². The number of carbonyl (C=O) groups excluding carboxylic acids is 2. The molecule has 2 N–H and O–H groups in total. The highest BCUT2D eigenvalue weighted by Crippen LogP contribution is 2.07. The number of hydrogen-bond acceptors (Lipinski definition) is 3. The molecule has 0 radical (unpaired) electrons. The second-order valence-corrected chi connectivity index (χ2v) is 4.74. The Hall–Kier alpha value is -1.10. The van der Waals surface area contributed by atoms with Crippen molar-refractivity contribution in [2.24, 2.45) is 0 Å². The smallest absolute Gasteiger partial charge is 0.244 e. The summed E-state index contributed by atoms with van der Waals surface area (Å²) in [6.07, 6.45) is 3.05. The number of carbonyl (C=O) groups is 2. The fourth-order valence-electron chi connectivity index (χ4n) is 2.26. The Labute approximate surface area is 109 Å². The molecule has 104 valence electrons. The topological polar surface area (TPSA) is 61.4 Å². The van der Waals surface area contributed by atoms with Gasteiger partial charge in [0.2, 0.25) is 11.8 Å². The van der Waals surface area contributed by atoms with Gasteiger partial charge in [-0.05, 0) is 40.2 Å². The molecule has 0 aromatic carbocycles. The monoisotopic (exact) mass is 255 g/mol. The summed E-state index contributed by atoms with van der Waals surface area (Å²) >= 11 is 0. The third-order valence-corrected chi connectivity index (χ3v) is 3.43. The zero-order valence-corrected chi connectivity index (χ0v) is 11.7. The molecule has 0 bridgehead atoms. The van der Waals surface area contributed by atoms with Crippen LogP contribution in [0.15, 0.2) is 0 Å². The van der Waals surface area contributed by atoms with Gasteiger partial charge >= 0.3 is 0 Å². The van der Waals surface area contributed by atoms with Gasteiger partial charge in [-0.2, -0.15) is 0 Å². The maximum Gasteiger partial charge on any atom is 0.244 e. The number of piperidine rings is 1. The molecule has 0 saturated carbocycles. The number of amides is 2. The summed E-state index contributed by atoms with van der Waals surface area (Å²) in [5.74, 6) is -0.0631. The third-order valence-electron chi connectivity index (χ3n) is 3.43. The second-order valence-electron chi connectivity index (χ2n) is 4.74. The van der Waals surface area contributed by atoms with E-state index in [2.05, 4.69) is 10.6 Å². The average Bonchev–Trinajstić information content (AvgIpc) is 2.40. The predicted molar refractivity (Wildman–Crippen MR) is 71.2 cm³/mol. The van der Waals surface area contributed by atoms with Crippen molar-refractivity contribution < 1.29 is 9.59 Å². The normalized spacial score (nSPS) is 21.2. The standard InChI is InChI=1S/C13H25N3O2/c1-4-16(5-2)13(18)10(3)15-12(17)11-8-6-7-9-14-11/h10-11,14H,4-9H2,1-3H3,(H,15,17). The van der Waals surface area contributed by atoms with Crippen LogP contribution in [0.4, 0.5) is 0 Å². The Morgan fingerprint density at radius 1 is 1.33 bits per heavy atom. The van der Waals surface area contributed by atoms with Crippen LogP contribution < -0.4 is 10.6 Å². The number of nitrogens with zero attached hydrogens (tertiary/aromatic N) is 1. The maximum atomic E-state index is 12.0. The van der Waals surface area contributed by atoms with E-state index in [1.165, 1.54) is 0 Å². The summed E-state index contributed by atoms with van der Waals surface area (Å²) in [6, 6.07) is -0.577. The Morgan fingerprint density at radius 3 is 2.50 bits per heavy atom. The van der Waals surface area contributed by atoms with Crippen LogP contribution in [-0.2, 0) is 9.59 Å². The highest BCUT2D eigenvalue weighted by atomic mass is 16.2. The Balaban J connectivity index is 2.45. The molecule has 2 amide bonds. The molecule has 1 saturated heterocycles. The number of hydrogen-bond donors (Lipinski definition) is 2. The van der Waals surface area contributed by atoms with E-state index in [1.54, 1.807) is 11.8 Å². The van der Waals surface area contributed by atoms with E-state index in [4.69, 9.17) is 0 Å². The first-order valence-electron chi connectivity index (χ1n) is 6.92. The quantitative estimate of drug-likeness (QED) is 0.752. The molecular weight excluding hydrogens is 230 g/mol. The van der Waals surface area contributed by atoms with Gasteiger partial charge < -0.3 is 15.5 Å². The van der Waals surface area contributed by atoms with E-state index in [0.29, 0.717) is 13.1 Å². The van der Waals surface area contributed by atoms with Gasteiger partial charge in [0, 0.05) is 13.1 Å². The summed E-state index contributed by atoms with van der Waals surface area (Å²) in [5.41, 5.74) is 0. The van der Waals surface area contributed by atoms with Gasteiger partial charge in [0.25, 0.3) is 0 Å². The van der Waals surface area contributed by atoms with Crippen LogP contribution in [0.25, 0.3) is 0 Å². The fourth-order valence-corrected chi connectivity index (χ4v) is 2.26. The van der Waals surface area contributed by atoms with E-state index in [-0.39, 0.29) is 17.9 Å². The largest absolute Gasteiger partial charge is 0.343 e. The first-order chi connectivity index (χ1) is 8.60. The molecule has 5 heteroatoms.